The number of esters is 1. The second-order valence-corrected chi connectivity index (χ2v) is 7.42. The summed E-state index contributed by atoms with van der Waals surface area (Å²) in [5.41, 5.74) is 0.367. The van der Waals surface area contributed by atoms with Gasteiger partial charge in [0.05, 0.1) is 18.6 Å². The van der Waals surface area contributed by atoms with Crippen LogP contribution in [0.2, 0.25) is 0 Å². The van der Waals surface area contributed by atoms with Crippen molar-refractivity contribution >= 4 is 34.0 Å². The molecule has 1 fully saturated rings. The maximum absolute atomic E-state index is 12.8. The standard InChI is InChI=1S/C18H19N7O3S/c1-28-18(27)13-4-6-29-17(13)23-16(26)12-3-2-5-24(8-12)14-7-15(21-10-20-14)25-11-19-9-22-25/h4,6-7,9-12H,2-3,5,8H2,1H3,(H,23,26). The van der Waals surface area contributed by atoms with E-state index in [1.54, 1.807) is 22.5 Å². The quantitative estimate of drug-likeness (QED) is 0.629. The predicted octanol–water partition coefficient (Wildman–Crippen LogP) is 1.76. The van der Waals surface area contributed by atoms with Crippen molar-refractivity contribution in [1.29, 1.82) is 0 Å². The summed E-state index contributed by atoms with van der Waals surface area (Å²) in [6.45, 7) is 1.32. The Balaban J connectivity index is 1.46. The Morgan fingerprint density at radius 3 is 2.93 bits per heavy atom. The van der Waals surface area contributed by atoms with Crippen LogP contribution in [0.1, 0.15) is 23.2 Å². The lowest BCUT2D eigenvalue weighted by molar-refractivity contribution is -0.120. The zero-order valence-electron chi connectivity index (χ0n) is 15.7. The third-order valence-corrected chi connectivity index (χ3v) is 5.54. The summed E-state index contributed by atoms with van der Waals surface area (Å²) in [5.74, 6) is 0.539. The van der Waals surface area contributed by atoms with Crippen molar-refractivity contribution in [3.05, 3.63) is 42.1 Å². The minimum Gasteiger partial charge on any atom is -0.465 e. The minimum atomic E-state index is -0.464. The average molecular weight is 413 g/mol. The first-order valence-electron chi connectivity index (χ1n) is 9.04. The van der Waals surface area contributed by atoms with Crippen molar-refractivity contribution in [1.82, 2.24) is 24.7 Å². The van der Waals surface area contributed by atoms with Crippen molar-refractivity contribution in [2.45, 2.75) is 12.8 Å². The monoisotopic (exact) mass is 413 g/mol. The number of amides is 1. The molecule has 0 spiro atoms. The van der Waals surface area contributed by atoms with Gasteiger partial charge in [0.15, 0.2) is 5.82 Å². The van der Waals surface area contributed by atoms with Crippen LogP contribution in [0.15, 0.2) is 36.5 Å². The van der Waals surface area contributed by atoms with Crippen LogP contribution in [-0.4, -0.2) is 56.8 Å². The molecule has 1 amide bonds. The molecular weight excluding hydrogens is 394 g/mol. The number of rotatable bonds is 5. The van der Waals surface area contributed by atoms with Crippen molar-refractivity contribution in [3.8, 4) is 5.82 Å². The van der Waals surface area contributed by atoms with E-state index in [9.17, 15) is 9.59 Å². The van der Waals surface area contributed by atoms with Crippen molar-refractivity contribution < 1.29 is 14.3 Å². The first-order chi connectivity index (χ1) is 14.2. The van der Waals surface area contributed by atoms with E-state index in [0.29, 0.717) is 22.9 Å². The third-order valence-electron chi connectivity index (χ3n) is 4.72. The van der Waals surface area contributed by atoms with Gasteiger partial charge < -0.3 is 15.0 Å². The zero-order chi connectivity index (χ0) is 20.2. The number of nitrogens with one attached hydrogen (secondary N) is 1. The molecule has 4 rings (SSSR count). The summed E-state index contributed by atoms with van der Waals surface area (Å²) in [7, 11) is 1.32. The lowest BCUT2D eigenvalue weighted by Gasteiger charge is -2.32. The van der Waals surface area contributed by atoms with Gasteiger partial charge in [0.1, 0.15) is 29.8 Å². The first-order valence-corrected chi connectivity index (χ1v) is 9.92. The summed E-state index contributed by atoms with van der Waals surface area (Å²) < 4.78 is 6.32. The summed E-state index contributed by atoms with van der Waals surface area (Å²) >= 11 is 1.30. The minimum absolute atomic E-state index is 0.118. The molecule has 1 saturated heterocycles. The second kappa shape index (κ2) is 8.35. The van der Waals surface area contributed by atoms with Gasteiger partial charge in [-0.3, -0.25) is 4.79 Å². The molecule has 0 saturated carbocycles. The Bertz CT molecular complexity index is 1000. The summed E-state index contributed by atoms with van der Waals surface area (Å²) in [4.78, 5) is 39.2. The van der Waals surface area contributed by atoms with Crippen LogP contribution in [0.3, 0.4) is 0 Å². The smallest absolute Gasteiger partial charge is 0.340 e. The molecule has 1 aliphatic heterocycles. The molecule has 1 aliphatic rings. The van der Waals surface area contributed by atoms with Crippen molar-refractivity contribution in [3.63, 3.8) is 0 Å². The normalized spacial score (nSPS) is 16.4. The van der Waals surface area contributed by atoms with Gasteiger partial charge in [-0.2, -0.15) is 5.10 Å². The molecule has 0 aromatic carbocycles. The van der Waals surface area contributed by atoms with E-state index in [4.69, 9.17) is 4.74 Å². The molecule has 3 aromatic rings. The molecule has 1 N–H and O–H groups in total. The molecule has 1 atom stereocenters. The molecule has 3 aromatic heterocycles. The van der Waals surface area contributed by atoms with Gasteiger partial charge in [-0.25, -0.2) is 24.4 Å². The van der Waals surface area contributed by atoms with Crippen LogP contribution in [0.5, 0.6) is 0 Å². The van der Waals surface area contributed by atoms with Crippen LogP contribution in [0.25, 0.3) is 5.82 Å². The summed E-state index contributed by atoms with van der Waals surface area (Å²) in [5, 5.41) is 9.22. The van der Waals surface area contributed by atoms with Gasteiger partial charge in [-0.15, -0.1) is 11.3 Å². The number of hydrogen-bond donors (Lipinski definition) is 1. The molecule has 0 bridgehead atoms. The largest absolute Gasteiger partial charge is 0.465 e. The highest BCUT2D eigenvalue weighted by molar-refractivity contribution is 7.14. The van der Waals surface area contributed by atoms with Crippen LogP contribution in [0.4, 0.5) is 10.8 Å². The fraction of sp³-hybridized carbons (Fsp3) is 0.333. The highest BCUT2D eigenvalue weighted by atomic mass is 32.1. The number of piperidine rings is 1. The Hall–Kier alpha value is -3.34. The Morgan fingerprint density at radius 2 is 2.14 bits per heavy atom. The SMILES string of the molecule is COC(=O)c1ccsc1NC(=O)C1CCCN(c2cc(-n3cncn3)ncn2)C1. The number of thiophene rings is 1. The average Bonchev–Trinajstić information content (AvgIpc) is 3.46. The first kappa shape index (κ1) is 19.0. The summed E-state index contributed by atoms with van der Waals surface area (Å²) in [6.07, 6.45) is 6.11. The molecule has 4 heterocycles. The van der Waals surface area contributed by atoms with E-state index in [1.165, 1.54) is 31.1 Å². The number of hydrogen-bond acceptors (Lipinski definition) is 9. The number of carbonyl (C=O) groups is 2. The highest BCUT2D eigenvalue weighted by Crippen LogP contribution is 2.27. The lowest BCUT2D eigenvalue weighted by atomic mass is 9.97. The predicted molar refractivity (Wildman–Crippen MR) is 106 cm³/mol. The number of carbonyl (C=O) groups excluding carboxylic acids is 2. The number of ether oxygens (including phenoxy) is 1. The topological polar surface area (TPSA) is 115 Å². The second-order valence-electron chi connectivity index (χ2n) is 6.50. The van der Waals surface area contributed by atoms with E-state index in [1.807, 2.05) is 6.07 Å². The molecule has 11 heteroatoms. The molecular formula is C18H19N7O3S. The third kappa shape index (κ3) is 4.09. The van der Waals surface area contributed by atoms with Crippen LogP contribution >= 0.6 is 11.3 Å². The number of methoxy groups -OCH3 is 1. The number of nitrogens with zero attached hydrogens (tertiary/aromatic N) is 6. The van der Waals surface area contributed by atoms with E-state index >= 15 is 0 Å². The number of anilines is 2. The van der Waals surface area contributed by atoms with E-state index < -0.39 is 5.97 Å². The van der Waals surface area contributed by atoms with Gasteiger partial charge in [0.2, 0.25) is 5.91 Å². The zero-order valence-corrected chi connectivity index (χ0v) is 16.5. The van der Waals surface area contributed by atoms with E-state index in [-0.39, 0.29) is 11.8 Å². The van der Waals surface area contributed by atoms with Gasteiger partial charge in [0, 0.05) is 19.2 Å². The van der Waals surface area contributed by atoms with Gasteiger partial charge in [-0.1, -0.05) is 0 Å². The molecule has 0 aliphatic carbocycles. The van der Waals surface area contributed by atoms with E-state index in [2.05, 4.69) is 30.3 Å². The number of aromatic nitrogens is 5. The molecule has 0 radical (unpaired) electrons. The summed E-state index contributed by atoms with van der Waals surface area (Å²) in [6, 6.07) is 3.47. The highest BCUT2D eigenvalue weighted by Gasteiger charge is 2.28. The molecule has 10 nitrogen and oxygen atoms in total. The molecule has 29 heavy (non-hydrogen) atoms. The Kier molecular flexibility index (Phi) is 5.47. The van der Waals surface area contributed by atoms with Crippen LogP contribution < -0.4 is 10.2 Å². The van der Waals surface area contributed by atoms with Crippen LogP contribution in [-0.2, 0) is 9.53 Å². The maximum Gasteiger partial charge on any atom is 0.340 e. The molecule has 1 unspecified atom stereocenters. The van der Waals surface area contributed by atoms with E-state index in [0.717, 1.165) is 25.2 Å². The van der Waals surface area contributed by atoms with Crippen molar-refractivity contribution in [2.24, 2.45) is 5.92 Å². The van der Waals surface area contributed by atoms with Crippen LogP contribution in [0, 0.1) is 5.92 Å². The van der Waals surface area contributed by atoms with Gasteiger partial charge >= 0.3 is 5.97 Å². The lowest BCUT2D eigenvalue weighted by Crippen LogP contribution is -2.41. The van der Waals surface area contributed by atoms with Gasteiger partial charge in [0.25, 0.3) is 0 Å². The van der Waals surface area contributed by atoms with Gasteiger partial charge in [-0.05, 0) is 24.3 Å². The Morgan fingerprint density at radius 1 is 1.28 bits per heavy atom. The Labute approximate surface area is 170 Å². The molecule has 150 valence electrons. The maximum atomic E-state index is 12.8. The fourth-order valence-electron chi connectivity index (χ4n) is 3.25. The van der Waals surface area contributed by atoms with Crippen molar-refractivity contribution in [2.75, 3.05) is 30.4 Å². The fourth-order valence-corrected chi connectivity index (χ4v) is 4.03.